The molecule has 4 heteroatoms. The Morgan fingerprint density at radius 2 is 1.76 bits per heavy atom. The number of fused-ring (bicyclic) bond motifs is 1. The summed E-state index contributed by atoms with van der Waals surface area (Å²) in [5, 5.41) is 6.72. The van der Waals surface area contributed by atoms with Crippen LogP contribution in [0.3, 0.4) is 0 Å². The minimum Gasteiger partial charge on any atom is -0.355 e. The van der Waals surface area contributed by atoms with Gasteiger partial charge in [-0.05, 0) is 43.9 Å². The van der Waals surface area contributed by atoms with Crippen LogP contribution >= 0.6 is 12.4 Å². The van der Waals surface area contributed by atoms with Crippen molar-refractivity contribution in [2.75, 3.05) is 6.54 Å². The molecule has 1 heterocycles. The summed E-state index contributed by atoms with van der Waals surface area (Å²) < 4.78 is 0. The normalized spacial score (nSPS) is 32.5. The molecular weight excluding hydrogens is 284 g/mol. The smallest absolute Gasteiger partial charge is 0.237 e. The number of hydrogen-bond donors (Lipinski definition) is 2. The first-order valence-corrected chi connectivity index (χ1v) is 8.86. The fourth-order valence-corrected chi connectivity index (χ4v) is 4.55. The van der Waals surface area contributed by atoms with Crippen molar-refractivity contribution < 1.29 is 4.79 Å². The van der Waals surface area contributed by atoms with Crippen LogP contribution in [0.5, 0.6) is 0 Å². The third-order valence-electron chi connectivity index (χ3n) is 5.74. The van der Waals surface area contributed by atoms with Crippen LogP contribution in [-0.2, 0) is 4.79 Å². The lowest BCUT2D eigenvalue weighted by molar-refractivity contribution is -0.122. The van der Waals surface area contributed by atoms with E-state index in [1.807, 2.05) is 0 Å². The van der Waals surface area contributed by atoms with E-state index in [0.717, 1.165) is 31.2 Å². The third-order valence-corrected chi connectivity index (χ3v) is 5.74. The van der Waals surface area contributed by atoms with Crippen molar-refractivity contribution >= 4 is 18.3 Å². The Hall–Kier alpha value is -0.280. The molecule has 1 saturated heterocycles. The molecule has 0 aromatic rings. The van der Waals surface area contributed by atoms with Gasteiger partial charge < -0.3 is 10.6 Å². The van der Waals surface area contributed by atoms with E-state index in [4.69, 9.17) is 0 Å². The third kappa shape index (κ3) is 4.59. The maximum absolute atomic E-state index is 12.2. The lowest BCUT2D eigenvalue weighted by Crippen LogP contribution is -2.43. The summed E-state index contributed by atoms with van der Waals surface area (Å²) in [6, 6.07) is 0.715. The lowest BCUT2D eigenvalue weighted by Gasteiger charge is -2.24. The highest BCUT2D eigenvalue weighted by atomic mass is 35.5. The van der Waals surface area contributed by atoms with Crippen molar-refractivity contribution in [2.45, 2.75) is 82.7 Å². The molecule has 3 unspecified atom stereocenters. The van der Waals surface area contributed by atoms with Crippen LogP contribution in [0.15, 0.2) is 0 Å². The second kappa shape index (κ2) is 8.38. The topological polar surface area (TPSA) is 41.1 Å². The van der Waals surface area contributed by atoms with Gasteiger partial charge in [0.2, 0.25) is 5.91 Å². The van der Waals surface area contributed by atoms with Gasteiger partial charge in [0.15, 0.2) is 0 Å². The van der Waals surface area contributed by atoms with Gasteiger partial charge in [0, 0.05) is 12.6 Å². The first-order chi connectivity index (χ1) is 9.83. The van der Waals surface area contributed by atoms with E-state index in [9.17, 15) is 4.79 Å². The van der Waals surface area contributed by atoms with Gasteiger partial charge in [-0.1, -0.05) is 38.5 Å². The van der Waals surface area contributed by atoms with E-state index in [2.05, 4.69) is 10.6 Å². The fraction of sp³-hybridized carbons (Fsp3) is 0.941. The standard InChI is InChI=1S/C17H30N2O.ClH/c20-17(18-11-5-8-13-6-1-2-7-13)16-12-14-9-3-4-10-15(14)19-16;/h13-16,19H,1-12H2,(H,18,20);1H. The van der Waals surface area contributed by atoms with E-state index in [1.54, 1.807) is 0 Å². The first-order valence-electron chi connectivity index (χ1n) is 8.86. The van der Waals surface area contributed by atoms with E-state index in [1.165, 1.54) is 57.8 Å². The summed E-state index contributed by atoms with van der Waals surface area (Å²) in [7, 11) is 0. The molecular formula is C17H31ClN2O. The molecule has 1 aliphatic heterocycles. The molecule has 2 saturated carbocycles. The molecule has 3 aliphatic rings. The van der Waals surface area contributed by atoms with Gasteiger partial charge in [-0.15, -0.1) is 12.4 Å². The van der Waals surface area contributed by atoms with Gasteiger partial charge in [-0.3, -0.25) is 4.79 Å². The molecule has 122 valence electrons. The molecule has 0 bridgehead atoms. The predicted octanol–water partition coefficient (Wildman–Crippen LogP) is 3.42. The average molecular weight is 315 g/mol. The molecule has 0 aromatic carbocycles. The van der Waals surface area contributed by atoms with Crippen molar-refractivity contribution in [3.63, 3.8) is 0 Å². The van der Waals surface area contributed by atoms with Gasteiger partial charge in [0.1, 0.15) is 0 Å². The van der Waals surface area contributed by atoms with Gasteiger partial charge in [0.25, 0.3) is 0 Å². The van der Waals surface area contributed by atoms with Crippen LogP contribution in [0.1, 0.15) is 70.6 Å². The average Bonchev–Trinajstić information content (AvgIpc) is 3.12. The fourth-order valence-electron chi connectivity index (χ4n) is 4.55. The lowest BCUT2D eigenvalue weighted by atomic mass is 9.85. The van der Waals surface area contributed by atoms with Gasteiger partial charge in [-0.25, -0.2) is 0 Å². The van der Waals surface area contributed by atoms with Crippen molar-refractivity contribution in [3.8, 4) is 0 Å². The second-order valence-corrected chi connectivity index (χ2v) is 7.19. The maximum Gasteiger partial charge on any atom is 0.237 e. The van der Waals surface area contributed by atoms with Gasteiger partial charge >= 0.3 is 0 Å². The number of amides is 1. The van der Waals surface area contributed by atoms with Crippen LogP contribution < -0.4 is 10.6 Å². The monoisotopic (exact) mass is 314 g/mol. The summed E-state index contributed by atoms with van der Waals surface area (Å²) in [5.74, 6) is 1.96. The summed E-state index contributed by atoms with van der Waals surface area (Å²) in [6.07, 6.45) is 14.5. The van der Waals surface area contributed by atoms with Crippen LogP contribution in [0.25, 0.3) is 0 Å². The highest BCUT2D eigenvalue weighted by molar-refractivity contribution is 5.85. The Morgan fingerprint density at radius 3 is 2.52 bits per heavy atom. The molecule has 2 N–H and O–H groups in total. The number of rotatable bonds is 5. The number of carbonyl (C=O) groups excluding carboxylic acids is 1. The number of nitrogens with one attached hydrogen (secondary N) is 2. The van der Waals surface area contributed by atoms with E-state index < -0.39 is 0 Å². The molecule has 1 amide bonds. The van der Waals surface area contributed by atoms with Crippen molar-refractivity contribution in [1.82, 2.24) is 10.6 Å². The number of carbonyl (C=O) groups is 1. The molecule has 3 fully saturated rings. The van der Waals surface area contributed by atoms with Crippen LogP contribution in [0, 0.1) is 11.8 Å². The van der Waals surface area contributed by atoms with E-state index in [0.29, 0.717) is 6.04 Å². The SMILES string of the molecule is Cl.O=C(NCCCC1CCCC1)C1CC2CCCCC2N1. The molecule has 3 atom stereocenters. The predicted molar refractivity (Wildman–Crippen MR) is 88.7 cm³/mol. The van der Waals surface area contributed by atoms with Gasteiger partial charge in [-0.2, -0.15) is 0 Å². The minimum absolute atomic E-state index is 0. The van der Waals surface area contributed by atoms with Crippen molar-refractivity contribution in [1.29, 1.82) is 0 Å². The highest BCUT2D eigenvalue weighted by Crippen LogP contribution is 2.33. The number of hydrogen-bond acceptors (Lipinski definition) is 2. The quantitative estimate of drug-likeness (QED) is 0.763. The Kier molecular flexibility index (Phi) is 6.81. The number of halogens is 1. The Balaban J connectivity index is 0.00000161. The molecule has 2 aliphatic carbocycles. The van der Waals surface area contributed by atoms with E-state index in [-0.39, 0.29) is 24.4 Å². The van der Waals surface area contributed by atoms with Crippen molar-refractivity contribution in [3.05, 3.63) is 0 Å². The summed E-state index contributed by atoms with van der Waals surface area (Å²) in [6.45, 7) is 0.878. The zero-order valence-corrected chi connectivity index (χ0v) is 13.9. The maximum atomic E-state index is 12.2. The Labute approximate surface area is 135 Å². The minimum atomic E-state index is 0. The molecule has 0 spiro atoms. The highest BCUT2D eigenvalue weighted by Gasteiger charge is 2.37. The van der Waals surface area contributed by atoms with Crippen molar-refractivity contribution in [2.24, 2.45) is 11.8 Å². The van der Waals surface area contributed by atoms with Gasteiger partial charge in [0.05, 0.1) is 6.04 Å². The Morgan fingerprint density at radius 1 is 1.05 bits per heavy atom. The molecule has 3 rings (SSSR count). The van der Waals surface area contributed by atoms with Crippen LogP contribution in [-0.4, -0.2) is 24.5 Å². The van der Waals surface area contributed by atoms with Crippen LogP contribution in [0.2, 0.25) is 0 Å². The Bertz CT molecular complexity index is 317. The molecule has 0 aromatic heterocycles. The molecule has 0 radical (unpaired) electrons. The largest absolute Gasteiger partial charge is 0.355 e. The zero-order valence-electron chi connectivity index (χ0n) is 13.1. The molecule has 3 nitrogen and oxygen atoms in total. The second-order valence-electron chi connectivity index (χ2n) is 7.19. The molecule has 21 heavy (non-hydrogen) atoms. The summed E-state index contributed by atoms with van der Waals surface area (Å²) in [5.41, 5.74) is 0. The summed E-state index contributed by atoms with van der Waals surface area (Å²) in [4.78, 5) is 12.2. The zero-order chi connectivity index (χ0) is 13.8. The van der Waals surface area contributed by atoms with E-state index >= 15 is 0 Å². The first kappa shape index (κ1) is 17.1. The van der Waals surface area contributed by atoms with Crippen LogP contribution in [0.4, 0.5) is 0 Å². The summed E-state index contributed by atoms with van der Waals surface area (Å²) >= 11 is 0.